The van der Waals surface area contributed by atoms with Crippen molar-refractivity contribution >= 4 is 11.6 Å². The average molecular weight is 434 g/mol. The molecule has 0 aliphatic carbocycles. The number of halogens is 3. The minimum atomic E-state index is -4.76. The van der Waals surface area contributed by atoms with Crippen LogP contribution in [0.5, 0.6) is 5.75 Å². The first-order valence-electron chi connectivity index (χ1n) is 10.2. The molecule has 0 saturated heterocycles. The fourth-order valence-corrected chi connectivity index (χ4v) is 3.43. The lowest BCUT2D eigenvalue weighted by Gasteiger charge is -2.31. The van der Waals surface area contributed by atoms with E-state index in [2.05, 4.69) is 12.0 Å². The van der Waals surface area contributed by atoms with Crippen LogP contribution in [0.1, 0.15) is 43.7 Å². The van der Waals surface area contributed by atoms with Gasteiger partial charge in [0.25, 0.3) is 5.91 Å². The Hall–Kier alpha value is -2.87. The Kier molecular flexibility index (Phi) is 7.00. The number of para-hydroxylation sites is 1. The number of hydrogen-bond donors (Lipinski definition) is 1. The molecule has 8 heteroatoms. The van der Waals surface area contributed by atoms with E-state index in [9.17, 15) is 23.1 Å². The van der Waals surface area contributed by atoms with Crippen LogP contribution in [0.2, 0.25) is 0 Å². The normalized spacial score (nSPS) is 18.7. The molecule has 166 valence electrons. The van der Waals surface area contributed by atoms with E-state index in [0.717, 1.165) is 31.2 Å². The maximum atomic E-state index is 13.3. The second-order valence-electron chi connectivity index (χ2n) is 7.50. The van der Waals surface area contributed by atoms with Gasteiger partial charge in [0.05, 0.1) is 6.42 Å². The van der Waals surface area contributed by atoms with E-state index < -0.39 is 36.5 Å². The van der Waals surface area contributed by atoms with E-state index in [1.54, 1.807) is 54.6 Å². The molecule has 1 heterocycles. The van der Waals surface area contributed by atoms with E-state index in [1.807, 2.05) is 0 Å². The van der Waals surface area contributed by atoms with Crippen LogP contribution in [0.3, 0.4) is 0 Å². The Balaban J connectivity index is 1.81. The number of rotatable bonds is 8. The average Bonchev–Trinajstić information content (AvgIpc) is 3.13. The Bertz CT molecular complexity index is 914. The summed E-state index contributed by atoms with van der Waals surface area (Å²) < 4.78 is 45.4. The van der Waals surface area contributed by atoms with Gasteiger partial charge in [0.1, 0.15) is 11.5 Å². The second-order valence-corrected chi connectivity index (χ2v) is 7.50. The molecule has 1 aliphatic rings. The SMILES string of the molecule is CCCCCc1ccc([C@]2(O)CC(C(F)(F)F)=NN2C(=O)COc2ccccc2)cc1. The Labute approximate surface area is 179 Å². The van der Waals surface area contributed by atoms with Crippen LogP contribution in [0.4, 0.5) is 13.2 Å². The van der Waals surface area contributed by atoms with Crippen LogP contribution in [0, 0.1) is 0 Å². The van der Waals surface area contributed by atoms with Crippen molar-refractivity contribution in [2.75, 3.05) is 6.61 Å². The number of aliphatic hydroxyl groups is 1. The molecule has 0 aromatic heterocycles. The molecule has 31 heavy (non-hydrogen) atoms. The summed E-state index contributed by atoms with van der Waals surface area (Å²) in [5.41, 5.74) is -2.26. The van der Waals surface area contributed by atoms with Crippen molar-refractivity contribution in [3.63, 3.8) is 0 Å². The highest BCUT2D eigenvalue weighted by molar-refractivity contribution is 5.94. The lowest BCUT2D eigenvalue weighted by molar-refractivity contribution is -0.160. The van der Waals surface area contributed by atoms with Crippen LogP contribution < -0.4 is 4.74 Å². The smallest absolute Gasteiger partial charge is 0.431 e. The number of carbonyl (C=O) groups is 1. The molecule has 1 amide bonds. The van der Waals surface area contributed by atoms with Crippen LogP contribution in [-0.2, 0) is 16.9 Å². The van der Waals surface area contributed by atoms with Gasteiger partial charge in [0.15, 0.2) is 12.3 Å². The van der Waals surface area contributed by atoms with Crippen LogP contribution in [-0.4, -0.2) is 34.5 Å². The fraction of sp³-hybridized carbons (Fsp3) is 0.391. The van der Waals surface area contributed by atoms with Gasteiger partial charge < -0.3 is 9.84 Å². The van der Waals surface area contributed by atoms with Gasteiger partial charge in [-0.3, -0.25) is 4.79 Å². The zero-order valence-electron chi connectivity index (χ0n) is 17.2. The first-order valence-corrected chi connectivity index (χ1v) is 10.2. The molecule has 0 bridgehead atoms. The lowest BCUT2D eigenvalue weighted by Crippen LogP contribution is -2.45. The minimum Gasteiger partial charge on any atom is -0.484 e. The summed E-state index contributed by atoms with van der Waals surface area (Å²) in [5, 5.41) is 15.1. The molecule has 1 atom stereocenters. The molecule has 2 aromatic rings. The number of carbonyl (C=O) groups excluding carboxylic acids is 1. The van der Waals surface area contributed by atoms with Gasteiger partial charge in [-0.15, -0.1) is 0 Å². The number of aryl methyl sites for hydroxylation is 1. The van der Waals surface area contributed by atoms with E-state index in [1.165, 1.54) is 0 Å². The molecular weight excluding hydrogens is 409 g/mol. The van der Waals surface area contributed by atoms with Gasteiger partial charge in [-0.1, -0.05) is 62.2 Å². The summed E-state index contributed by atoms with van der Waals surface area (Å²) in [5.74, 6) is -0.493. The molecule has 0 radical (unpaired) electrons. The predicted octanol–water partition coefficient (Wildman–Crippen LogP) is 4.79. The molecule has 0 unspecified atom stereocenters. The number of ether oxygens (including phenoxy) is 1. The molecule has 0 spiro atoms. The quantitative estimate of drug-likeness (QED) is 0.608. The van der Waals surface area contributed by atoms with Crippen molar-refractivity contribution < 1.29 is 27.8 Å². The van der Waals surface area contributed by atoms with E-state index in [-0.39, 0.29) is 5.56 Å². The first-order chi connectivity index (χ1) is 14.7. The van der Waals surface area contributed by atoms with Gasteiger partial charge in [0, 0.05) is 5.56 Å². The summed E-state index contributed by atoms with van der Waals surface area (Å²) >= 11 is 0. The predicted molar refractivity (Wildman–Crippen MR) is 110 cm³/mol. The van der Waals surface area contributed by atoms with Crippen LogP contribution in [0.25, 0.3) is 0 Å². The molecule has 3 rings (SSSR count). The molecule has 1 aliphatic heterocycles. The van der Waals surface area contributed by atoms with Gasteiger partial charge in [-0.2, -0.15) is 23.3 Å². The number of alkyl halides is 3. The number of amides is 1. The molecule has 0 fully saturated rings. The zero-order valence-corrected chi connectivity index (χ0v) is 17.2. The highest BCUT2D eigenvalue weighted by atomic mass is 19.4. The Morgan fingerprint density at radius 1 is 1.13 bits per heavy atom. The Morgan fingerprint density at radius 2 is 1.81 bits per heavy atom. The summed E-state index contributed by atoms with van der Waals surface area (Å²) in [7, 11) is 0. The van der Waals surface area contributed by atoms with Gasteiger partial charge in [0.2, 0.25) is 0 Å². The monoisotopic (exact) mass is 434 g/mol. The fourth-order valence-electron chi connectivity index (χ4n) is 3.43. The minimum absolute atomic E-state index is 0.169. The van der Waals surface area contributed by atoms with Crippen LogP contribution >= 0.6 is 0 Å². The van der Waals surface area contributed by atoms with Crippen LogP contribution in [0.15, 0.2) is 59.7 Å². The number of hydrogen-bond acceptors (Lipinski definition) is 4. The largest absolute Gasteiger partial charge is 0.484 e. The number of hydrazone groups is 1. The number of benzene rings is 2. The zero-order chi connectivity index (χ0) is 22.5. The topological polar surface area (TPSA) is 62.1 Å². The summed E-state index contributed by atoms with van der Waals surface area (Å²) in [6.07, 6.45) is -1.60. The first kappa shape index (κ1) is 22.8. The standard InChI is InChI=1S/C23H25F3N2O3/c1-2-3-5-8-17-11-13-18(14-12-17)22(30)15-20(23(24,25)26)27-28(22)21(29)16-31-19-9-6-4-7-10-19/h4,6-7,9-14,30H,2-3,5,8,15-16H2,1H3/t22-/m1/s1. The third-order valence-corrected chi connectivity index (χ3v) is 5.14. The Morgan fingerprint density at radius 3 is 2.42 bits per heavy atom. The number of nitrogens with zero attached hydrogens (tertiary/aromatic N) is 2. The third-order valence-electron chi connectivity index (χ3n) is 5.14. The van der Waals surface area contributed by atoms with Crippen molar-refractivity contribution in [3.05, 3.63) is 65.7 Å². The lowest BCUT2D eigenvalue weighted by atomic mass is 9.95. The molecule has 5 nitrogen and oxygen atoms in total. The van der Waals surface area contributed by atoms with Gasteiger partial charge in [-0.05, 0) is 30.5 Å². The molecule has 1 N–H and O–H groups in total. The summed E-state index contributed by atoms with van der Waals surface area (Å²) in [4.78, 5) is 12.7. The van der Waals surface area contributed by atoms with Crippen molar-refractivity contribution in [1.82, 2.24) is 5.01 Å². The van der Waals surface area contributed by atoms with Crippen molar-refractivity contribution in [2.45, 2.75) is 50.9 Å². The summed E-state index contributed by atoms with van der Waals surface area (Å²) in [6, 6.07) is 15.0. The van der Waals surface area contributed by atoms with Crippen molar-refractivity contribution in [2.24, 2.45) is 5.10 Å². The van der Waals surface area contributed by atoms with Crippen molar-refractivity contribution in [3.8, 4) is 5.75 Å². The van der Waals surface area contributed by atoms with E-state index >= 15 is 0 Å². The van der Waals surface area contributed by atoms with Gasteiger partial charge >= 0.3 is 6.18 Å². The van der Waals surface area contributed by atoms with Gasteiger partial charge in [-0.25, -0.2) is 0 Å². The third kappa shape index (κ3) is 5.44. The highest BCUT2D eigenvalue weighted by Gasteiger charge is 2.53. The van der Waals surface area contributed by atoms with Crippen molar-refractivity contribution in [1.29, 1.82) is 0 Å². The molecular formula is C23H25F3N2O3. The van der Waals surface area contributed by atoms with E-state index in [0.29, 0.717) is 10.8 Å². The summed E-state index contributed by atoms with van der Waals surface area (Å²) in [6.45, 7) is 1.54. The second kappa shape index (κ2) is 9.51. The maximum Gasteiger partial charge on any atom is 0.431 e. The highest BCUT2D eigenvalue weighted by Crippen LogP contribution is 2.39. The number of unbranched alkanes of at least 4 members (excludes halogenated alkanes) is 2. The molecule has 0 saturated carbocycles. The molecule has 2 aromatic carbocycles. The maximum absolute atomic E-state index is 13.3. The van der Waals surface area contributed by atoms with E-state index in [4.69, 9.17) is 4.74 Å².